The molecule has 1 spiro atoms. The number of ether oxygens (including phenoxy) is 1. The summed E-state index contributed by atoms with van der Waals surface area (Å²) in [7, 11) is 1.57. The van der Waals surface area contributed by atoms with E-state index in [2.05, 4.69) is 5.32 Å². The lowest BCUT2D eigenvalue weighted by Gasteiger charge is -2.33. The van der Waals surface area contributed by atoms with Gasteiger partial charge in [-0.3, -0.25) is 9.69 Å². The first-order valence-electron chi connectivity index (χ1n) is 11.0. The molecule has 0 unspecified atom stereocenters. The summed E-state index contributed by atoms with van der Waals surface area (Å²) in [5, 5.41) is 2.94. The van der Waals surface area contributed by atoms with E-state index in [9.17, 15) is 14.0 Å². The molecule has 3 amide bonds. The van der Waals surface area contributed by atoms with Crippen LogP contribution in [-0.2, 0) is 16.2 Å². The van der Waals surface area contributed by atoms with Gasteiger partial charge in [0.25, 0.3) is 5.91 Å². The van der Waals surface area contributed by atoms with Gasteiger partial charge in [0.2, 0.25) is 0 Å². The Kier molecular flexibility index (Phi) is 5.69. The molecule has 1 N–H and O–H groups in total. The fraction of sp³-hybridized carbons (Fsp3) is 0.231. The number of anilines is 2. The summed E-state index contributed by atoms with van der Waals surface area (Å²) >= 11 is 1.43. The topological polar surface area (TPSA) is 61.9 Å². The van der Waals surface area contributed by atoms with E-state index in [4.69, 9.17) is 4.74 Å². The minimum atomic E-state index is -1.22. The van der Waals surface area contributed by atoms with Crippen molar-refractivity contribution in [2.45, 2.75) is 18.3 Å². The van der Waals surface area contributed by atoms with Crippen molar-refractivity contribution >= 4 is 35.1 Å². The molecule has 0 aliphatic carbocycles. The summed E-state index contributed by atoms with van der Waals surface area (Å²) in [5.74, 6) is 0.631. The molecule has 5 rings (SSSR count). The molecule has 1 atom stereocenters. The summed E-state index contributed by atoms with van der Waals surface area (Å²) in [5.41, 5.74) is 3.82. The standard InChI is InChI=1S/C26H24FN3O3S/c1-17-6-8-20(9-7-17)28-25(32)30-12-13-34-26(30)22-15-21(33-2)10-11-23(22)29(24(26)31)16-18-4-3-5-19(27)14-18/h3-11,14-15H,12-13,16H2,1-2H3,(H,28,32)/t26-/m0/s1. The number of hydrogen-bond donors (Lipinski definition) is 1. The predicted octanol–water partition coefficient (Wildman–Crippen LogP) is 5.12. The maximum absolute atomic E-state index is 14.0. The first-order valence-corrected chi connectivity index (χ1v) is 11.9. The van der Waals surface area contributed by atoms with Gasteiger partial charge in [-0.05, 0) is 55.0 Å². The van der Waals surface area contributed by atoms with Gasteiger partial charge < -0.3 is 15.0 Å². The van der Waals surface area contributed by atoms with Crippen LogP contribution in [0.2, 0.25) is 0 Å². The molecule has 2 heterocycles. The molecule has 3 aromatic rings. The highest BCUT2D eigenvalue weighted by Crippen LogP contribution is 2.55. The second-order valence-electron chi connectivity index (χ2n) is 8.34. The Bertz CT molecular complexity index is 1270. The monoisotopic (exact) mass is 477 g/mol. The summed E-state index contributed by atoms with van der Waals surface area (Å²) < 4.78 is 19.3. The molecule has 0 aromatic heterocycles. The number of fused-ring (bicyclic) bond motifs is 2. The number of rotatable bonds is 4. The lowest BCUT2D eigenvalue weighted by Crippen LogP contribution is -2.51. The number of carbonyl (C=O) groups is 2. The molecule has 2 aliphatic rings. The van der Waals surface area contributed by atoms with Crippen LogP contribution >= 0.6 is 11.8 Å². The molecule has 6 nitrogen and oxygen atoms in total. The molecule has 2 aliphatic heterocycles. The molecule has 1 saturated heterocycles. The lowest BCUT2D eigenvalue weighted by molar-refractivity contribution is -0.123. The van der Waals surface area contributed by atoms with Gasteiger partial charge in [0.05, 0.1) is 19.3 Å². The van der Waals surface area contributed by atoms with Crippen molar-refractivity contribution in [1.29, 1.82) is 0 Å². The number of methoxy groups -OCH3 is 1. The van der Waals surface area contributed by atoms with Gasteiger partial charge in [0.1, 0.15) is 11.6 Å². The second kappa shape index (κ2) is 8.68. The van der Waals surface area contributed by atoms with E-state index in [1.165, 1.54) is 23.9 Å². The van der Waals surface area contributed by atoms with Crippen molar-refractivity contribution in [1.82, 2.24) is 4.90 Å². The van der Waals surface area contributed by atoms with Crippen molar-refractivity contribution < 1.29 is 18.7 Å². The van der Waals surface area contributed by atoms with Crippen LogP contribution in [0.3, 0.4) is 0 Å². The van der Waals surface area contributed by atoms with Crippen LogP contribution in [0, 0.1) is 12.7 Å². The third-order valence-corrected chi connectivity index (χ3v) is 7.60. The number of halogens is 1. The van der Waals surface area contributed by atoms with Crippen molar-refractivity contribution in [3.8, 4) is 5.75 Å². The Morgan fingerprint density at radius 3 is 2.68 bits per heavy atom. The van der Waals surface area contributed by atoms with E-state index >= 15 is 0 Å². The number of urea groups is 1. The highest BCUT2D eigenvalue weighted by Gasteiger charge is 2.59. The minimum absolute atomic E-state index is 0.200. The molecule has 0 bridgehead atoms. The zero-order valence-electron chi connectivity index (χ0n) is 18.9. The lowest BCUT2D eigenvalue weighted by atomic mass is 10.1. The van der Waals surface area contributed by atoms with Crippen molar-refractivity contribution in [2.75, 3.05) is 29.6 Å². The number of amides is 3. The Labute approximate surface area is 201 Å². The number of carbonyl (C=O) groups excluding carboxylic acids is 2. The molecule has 0 saturated carbocycles. The van der Waals surface area contributed by atoms with Gasteiger partial charge in [-0.2, -0.15) is 0 Å². The second-order valence-corrected chi connectivity index (χ2v) is 9.63. The summed E-state index contributed by atoms with van der Waals surface area (Å²) in [6.45, 7) is 2.59. The molecule has 3 aromatic carbocycles. The molecular formula is C26H24FN3O3S. The van der Waals surface area contributed by atoms with Crippen LogP contribution in [0.15, 0.2) is 66.7 Å². The van der Waals surface area contributed by atoms with E-state index in [0.717, 1.165) is 5.56 Å². The molecule has 174 valence electrons. The fourth-order valence-corrected chi connectivity index (χ4v) is 5.98. The molecule has 1 fully saturated rings. The zero-order valence-corrected chi connectivity index (χ0v) is 19.7. The molecular weight excluding hydrogens is 453 g/mol. The zero-order chi connectivity index (χ0) is 23.9. The largest absolute Gasteiger partial charge is 0.497 e. The smallest absolute Gasteiger partial charge is 0.323 e. The first-order chi connectivity index (χ1) is 16.4. The van der Waals surface area contributed by atoms with Gasteiger partial charge in [-0.15, -0.1) is 11.8 Å². The van der Waals surface area contributed by atoms with Crippen LogP contribution in [0.25, 0.3) is 0 Å². The summed E-state index contributed by atoms with van der Waals surface area (Å²) in [6, 6.07) is 18.8. The maximum atomic E-state index is 14.0. The van der Waals surface area contributed by atoms with E-state index < -0.39 is 4.87 Å². The van der Waals surface area contributed by atoms with Crippen LogP contribution in [0.5, 0.6) is 5.75 Å². The summed E-state index contributed by atoms with van der Waals surface area (Å²) in [6.07, 6.45) is 0. The van der Waals surface area contributed by atoms with E-state index in [0.29, 0.717) is 40.5 Å². The van der Waals surface area contributed by atoms with Crippen LogP contribution in [0.4, 0.5) is 20.6 Å². The van der Waals surface area contributed by atoms with Crippen LogP contribution in [-0.4, -0.2) is 36.2 Å². The SMILES string of the molecule is COc1ccc2c(c1)[C@]1(SCCN1C(=O)Nc1ccc(C)cc1)C(=O)N2Cc1cccc(F)c1. The Morgan fingerprint density at radius 1 is 1.15 bits per heavy atom. The van der Waals surface area contributed by atoms with Gasteiger partial charge in [0.15, 0.2) is 4.87 Å². The van der Waals surface area contributed by atoms with Crippen molar-refractivity contribution in [2.24, 2.45) is 0 Å². The minimum Gasteiger partial charge on any atom is -0.497 e. The third-order valence-electron chi connectivity index (χ3n) is 6.18. The predicted molar refractivity (Wildman–Crippen MR) is 132 cm³/mol. The van der Waals surface area contributed by atoms with Crippen molar-refractivity contribution in [3.05, 3.63) is 89.2 Å². The third kappa shape index (κ3) is 3.68. The molecule has 0 radical (unpaired) electrons. The van der Waals surface area contributed by atoms with Crippen LogP contribution in [0.1, 0.15) is 16.7 Å². The highest BCUT2D eigenvalue weighted by molar-refractivity contribution is 8.01. The molecule has 8 heteroatoms. The van der Waals surface area contributed by atoms with Gasteiger partial charge in [0, 0.05) is 23.5 Å². The first kappa shape index (κ1) is 22.3. The number of aryl methyl sites for hydroxylation is 1. The van der Waals surface area contributed by atoms with E-state index in [-0.39, 0.29) is 24.3 Å². The fourth-order valence-electron chi connectivity index (χ4n) is 4.52. The van der Waals surface area contributed by atoms with Gasteiger partial charge in [-0.25, -0.2) is 9.18 Å². The van der Waals surface area contributed by atoms with E-state index in [1.54, 1.807) is 35.1 Å². The number of nitrogens with zero attached hydrogens (tertiary/aromatic N) is 2. The van der Waals surface area contributed by atoms with Crippen LogP contribution < -0.4 is 15.0 Å². The number of benzene rings is 3. The normalized spacial score (nSPS) is 19.0. The number of hydrogen-bond acceptors (Lipinski definition) is 4. The van der Waals surface area contributed by atoms with Crippen molar-refractivity contribution in [3.63, 3.8) is 0 Å². The Hall–Kier alpha value is -3.52. The average Bonchev–Trinajstić information content (AvgIpc) is 3.37. The number of thioether (sulfide) groups is 1. The Balaban J connectivity index is 1.54. The highest BCUT2D eigenvalue weighted by atomic mass is 32.2. The number of nitrogens with one attached hydrogen (secondary N) is 1. The summed E-state index contributed by atoms with van der Waals surface area (Å²) in [4.78, 5) is 29.5. The molecule has 34 heavy (non-hydrogen) atoms. The maximum Gasteiger partial charge on any atom is 0.323 e. The van der Waals surface area contributed by atoms with Gasteiger partial charge in [-0.1, -0.05) is 29.8 Å². The average molecular weight is 478 g/mol. The van der Waals surface area contributed by atoms with Gasteiger partial charge >= 0.3 is 6.03 Å². The quantitative estimate of drug-likeness (QED) is 0.566. The Morgan fingerprint density at radius 2 is 1.94 bits per heavy atom. The van der Waals surface area contributed by atoms with E-state index in [1.807, 2.05) is 43.3 Å².